The third-order valence-electron chi connectivity index (χ3n) is 3.51. The minimum absolute atomic E-state index is 0.0889. The highest BCUT2D eigenvalue weighted by molar-refractivity contribution is 7.99. The third-order valence-corrected chi connectivity index (χ3v) is 4.72. The zero-order valence-electron chi connectivity index (χ0n) is 14.2. The second-order valence-electron chi connectivity index (χ2n) is 6.03. The molecule has 7 heteroatoms. The molecule has 0 unspecified atom stereocenters. The normalized spacial score (nSPS) is 11.1. The second kappa shape index (κ2) is 8.03. The topological polar surface area (TPSA) is 46.9 Å². The number of benzene rings is 1. The molecule has 0 bridgehead atoms. The Labute approximate surface area is 150 Å². The highest BCUT2D eigenvalue weighted by atomic mass is 35.5. The van der Waals surface area contributed by atoms with Crippen LogP contribution < -0.4 is 5.32 Å². The monoisotopic (exact) mass is 369 g/mol. The number of amides is 1. The van der Waals surface area contributed by atoms with E-state index in [9.17, 15) is 9.18 Å². The van der Waals surface area contributed by atoms with Gasteiger partial charge in [0.05, 0.1) is 17.1 Å². The summed E-state index contributed by atoms with van der Waals surface area (Å²) >= 11 is 7.17. The van der Waals surface area contributed by atoms with Gasteiger partial charge < -0.3 is 9.88 Å². The van der Waals surface area contributed by atoms with Gasteiger partial charge in [0.1, 0.15) is 5.82 Å². The number of rotatable bonds is 6. The average molecular weight is 370 g/mol. The number of hydrogen-bond acceptors (Lipinski definition) is 3. The lowest BCUT2D eigenvalue weighted by molar-refractivity contribution is -0.113. The minimum atomic E-state index is -0.509. The van der Waals surface area contributed by atoms with E-state index in [2.05, 4.69) is 28.7 Å². The Morgan fingerprint density at radius 1 is 1.42 bits per heavy atom. The molecule has 2 rings (SSSR count). The predicted molar refractivity (Wildman–Crippen MR) is 97.3 cm³/mol. The molecule has 1 amide bonds. The van der Waals surface area contributed by atoms with Crippen molar-refractivity contribution in [2.75, 3.05) is 11.1 Å². The maximum absolute atomic E-state index is 13.7. The SMILES string of the molecule is Cc1nc(SCC(=O)Nc2cc(Cl)ccc2F)n(CC(C)C)c1C. The summed E-state index contributed by atoms with van der Waals surface area (Å²) in [6.45, 7) is 9.10. The molecule has 0 atom stereocenters. The Morgan fingerprint density at radius 3 is 2.79 bits per heavy atom. The number of thioether (sulfide) groups is 1. The van der Waals surface area contributed by atoms with E-state index >= 15 is 0 Å². The van der Waals surface area contributed by atoms with Crippen LogP contribution in [-0.2, 0) is 11.3 Å². The number of hydrogen-bond donors (Lipinski definition) is 1. The van der Waals surface area contributed by atoms with Crippen molar-refractivity contribution in [2.45, 2.75) is 39.4 Å². The summed E-state index contributed by atoms with van der Waals surface area (Å²) in [5.74, 6) is -0.174. The van der Waals surface area contributed by atoms with E-state index in [4.69, 9.17) is 11.6 Å². The number of anilines is 1. The van der Waals surface area contributed by atoms with Crippen molar-refractivity contribution >= 4 is 35.0 Å². The smallest absolute Gasteiger partial charge is 0.234 e. The summed E-state index contributed by atoms with van der Waals surface area (Å²) in [5.41, 5.74) is 2.15. The molecule has 24 heavy (non-hydrogen) atoms. The van der Waals surface area contributed by atoms with Gasteiger partial charge in [0.2, 0.25) is 5.91 Å². The van der Waals surface area contributed by atoms with Gasteiger partial charge in [-0.1, -0.05) is 37.2 Å². The molecule has 1 N–H and O–H groups in total. The predicted octanol–water partition coefficient (Wildman–Crippen LogP) is 4.68. The van der Waals surface area contributed by atoms with Crippen molar-refractivity contribution in [1.82, 2.24) is 9.55 Å². The van der Waals surface area contributed by atoms with E-state index in [1.165, 1.54) is 30.0 Å². The fourth-order valence-electron chi connectivity index (χ4n) is 2.22. The summed E-state index contributed by atoms with van der Waals surface area (Å²) in [7, 11) is 0. The molecule has 130 valence electrons. The standard InChI is InChI=1S/C17H21ClFN3OS/c1-10(2)8-22-12(4)11(3)20-17(22)24-9-16(23)21-15-7-13(18)5-6-14(15)19/h5-7,10H,8-9H2,1-4H3,(H,21,23). The van der Waals surface area contributed by atoms with E-state index in [-0.39, 0.29) is 17.3 Å². The maximum atomic E-state index is 13.7. The highest BCUT2D eigenvalue weighted by Crippen LogP contribution is 2.24. The molecule has 0 fully saturated rings. The van der Waals surface area contributed by atoms with Crippen LogP contribution in [0.25, 0.3) is 0 Å². The van der Waals surface area contributed by atoms with Gasteiger partial charge in [-0.2, -0.15) is 0 Å². The fourth-order valence-corrected chi connectivity index (χ4v) is 3.30. The van der Waals surface area contributed by atoms with Crippen LogP contribution in [0.3, 0.4) is 0 Å². The van der Waals surface area contributed by atoms with Gasteiger partial charge in [0, 0.05) is 17.3 Å². The molecule has 1 heterocycles. The first-order valence-electron chi connectivity index (χ1n) is 7.69. The Morgan fingerprint density at radius 2 is 2.12 bits per heavy atom. The van der Waals surface area contributed by atoms with E-state index in [0.717, 1.165) is 23.1 Å². The molecule has 0 saturated heterocycles. The first kappa shape index (κ1) is 18.8. The average Bonchev–Trinajstić information content (AvgIpc) is 2.76. The summed E-state index contributed by atoms with van der Waals surface area (Å²) in [6, 6.07) is 4.07. The van der Waals surface area contributed by atoms with Crippen LogP contribution in [0.15, 0.2) is 23.4 Å². The van der Waals surface area contributed by atoms with E-state index < -0.39 is 5.82 Å². The Balaban J connectivity index is 2.04. The largest absolute Gasteiger partial charge is 0.323 e. The number of halogens is 2. The summed E-state index contributed by atoms with van der Waals surface area (Å²) in [4.78, 5) is 16.6. The zero-order valence-corrected chi connectivity index (χ0v) is 15.8. The Bertz CT molecular complexity index is 746. The molecule has 4 nitrogen and oxygen atoms in total. The van der Waals surface area contributed by atoms with E-state index in [1.807, 2.05) is 13.8 Å². The maximum Gasteiger partial charge on any atom is 0.234 e. The third kappa shape index (κ3) is 4.74. The van der Waals surface area contributed by atoms with Gasteiger partial charge >= 0.3 is 0 Å². The molecule has 1 aromatic carbocycles. The summed E-state index contributed by atoms with van der Waals surface area (Å²) < 4.78 is 15.8. The molecular formula is C17H21ClFN3OS. The molecule has 0 spiro atoms. The fraction of sp³-hybridized carbons (Fsp3) is 0.412. The van der Waals surface area contributed by atoms with Crippen molar-refractivity contribution in [2.24, 2.45) is 5.92 Å². The van der Waals surface area contributed by atoms with Crippen molar-refractivity contribution in [3.05, 3.63) is 40.4 Å². The quantitative estimate of drug-likeness (QED) is 0.752. The number of carbonyl (C=O) groups excluding carboxylic acids is 1. The number of aryl methyl sites for hydroxylation is 1. The van der Waals surface area contributed by atoms with Crippen molar-refractivity contribution in [1.29, 1.82) is 0 Å². The minimum Gasteiger partial charge on any atom is -0.323 e. The molecule has 0 aliphatic heterocycles. The molecule has 0 radical (unpaired) electrons. The van der Waals surface area contributed by atoms with E-state index in [0.29, 0.717) is 10.9 Å². The number of imidazole rings is 1. The Kier molecular flexibility index (Phi) is 6.29. The van der Waals surface area contributed by atoms with Crippen molar-refractivity contribution in [3.8, 4) is 0 Å². The van der Waals surface area contributed by atoms with Crippen molar-refractivity contribution in [3.63, 3.8) is 0 Å². The van der Waals surface area contributed by atoms with Crippen LogP contribution in [0.2, 0.25) is 5.02 Å². The number of carbonyl (C=O) groups is 1. The van der Waals surface area contributed by atoms with Gasteiger partial charge in [0.25, 0.3) is 0 Å². The lowest BCUT2D eigenvalue weighted by atomic mass is 10.2. The zero-order chi connectivity index (χ0) is 17.9. The van der Waals surface area contributed by atoms with Gasteiger partial charge in [-0.25, -0.2) is 9.37 Å². The number of nitrogens with zero attached hydrogens (tertiary/aromatic N) is 2. The number of nitrogens with one attached hydrogen (secondary N) is 1. The van der Waals surface area contributed by atoms with Crippen LogP contribution in [0.4, 0.5) is 10.1 Å². The molecule has 1 aromatic heterocycles. The first-order chi connectivity index (χ1) is 11.3. The molecule has 0 aliphatic carbocycles. The van der Waals surface area contributed by atoms with Gasteiger partial charge in [0.15, 0.2) is 5.16 Å². The summed E-state index contributed by atoms with van der Waals surface area (Å²) in [5, 5.41) is 3.73. The van der Waals surface area contributed by atoms with Crippen LogP contribution >= 0.6 is 23.4 Å². The lowest BCUT2D eigenvalue weighted by Gasteiger charge is -2.12. The highest BCUT2D eigenvalue weighted by Gasteiger charge is 2.15. The van der Waals surface area contributed by atoms with Crippen LogP contribution in [0.1, 0.15) is 25.2 Å². The van der Waals surface area contributed by atoms with Gasteiger partial charge in [-0.05, 0) is 38.0 Å². The van der Waals surface area contributed by atoms with Crippen molar-refractivity contribution < 1.29 is 9.18 Å². The molecule has 0 aliphatic rings. The van der Waals surface area contributed by atoms with Gasteiger partial charge in [-0.3, -0.25) is 4.79 Å². The van der Waals surface area contributed by atoms with E-state index in [1.54, 1.807) is 0 Å². The lowest BCUT2D eigenvalue weighted by Crippen LogP contribution is -2.16. The molecule has 0 saturated carbocycles. The van der Waals surface area contributed by atoms with Crippen LogP contribution in [-0.4, -0.2) is 21.2 Å². The Hall–Kier alpha value is -1.53. The first-order valence-corrected chi connectivity index (χ1v) is 9.05. The molecule has 2 aromatic rings. The molecular weight excluding hydrogens is 349 g/mol. The number of aromatic nitrogens is 2. The second-order valence-corrected chi connectivity index (χ2v) is 7.41. The van der Waals surface area contributed by atoms with Crippen LogP contribution in [0, 0.1) is 25.6 Å². The van der Waals surface area contributed by atoms with Gasteiger partial charge in [-0.15, -0.1) is 0 Å². The van der Waals surface area contributed by atoms with Crippen LogP contribution in [0.5, 0.6) is 0 Å². The summed E-state index contributed by atoms with van der Waals surface area (Å²) in [6.07, 6.45) is 0.